The highest BCUT2D eigenvalue weighted by atomic mass is 79.9. The predicted octanol–water partition coefficient (Wildman–Crippen LogP) is 1.47. The van der Waals surface area contributed by atoms with Crippen LogP contribution in [0.25, 0.3) is 5.69 Å². The van der Waals surface area contributed by atoms with Crippen molar-refractivity contribution in [2.45, 2.75) is 6.92 Å². The number of rotatable bonds is 1. The summed E-state index contributed by atoms with van der Waals surface area (Å²) in [5.74, 6) is 0. The van der Waals surface area contributed by atoms with E-state index in [4.69, 9.17) is 5.26 Å². The number of aromatic amines is 1. The van der Waals surface area contributed by atoms with Gasteiger partial charge in [0.2, 0.25) is 0 Å². The molecule has 1 aromatic heterocycles. The van der Waals surface area contributed by atoms with Crippen LogP contribution in [0.2, 0.25) is 0 Å². The van der Waals surface area contributed by atoms with E-state index in [2.05, 4.69) is 20.9 Å². The summed E-state index contributed by atoms with van der Waals surface area (Å²) < 4.78 is 1.93. The van der Waals surface area contributed by atoms with E-state index in [-0.39, 0.29) is 5.56 Å². The summed E-state index contributed by atoms with van der Waals surface area (Å²) in [6.45, 7) is 1.92. The van der Waals surface area contributed by atoms with Crippen molar-refractivity contribution < 1.29 is 0 Å². The third kappa shape index (κ3) is 2.13. The molecule has 0 atom stereocenters. The molecule has 0 aliphatic heterocycles. The van der Waals surface area contributed by atoms with Gasteiger partial charge in [-0.15, -0.1) is 0 Å². The molecule has 6 heteroatoms. The van der Waals surface area contributed by atoms with Crippen molar-refractivity contribution in [3.63, 3.8) is 0 Å². The monoisotopic (exact) mass is 305 g/mol. The van der Waals surface area contributed by atoms with E-state index in [1.807, 2.05) is 19.1 Å². The predicted molar refractivity (Wildman–Crippen MR) is 69.8 cm³/mol. The Morgan fingerprint density at radius 3 is 2.72 bits per heavy atom. The molecular weight excluding hydrogens is 298 g/mol. The summed E-state index contributed by atoms with van der Waals surface area (Å²) in [6.07, 6.45) is 1.23. The average Bonchev–Trinajstić information content (AvgIpc) is 2.30. The minimum absolute atomic E-state index is 0.109. The molecule has 1 heterocycles. The number of hydrogen-bond donors (Lipinski definition) is 1. The molecule has 1 aromatic carbocycles. The lowest BCUT2D eigenvalue weighted by Crippen LogP contribution is -2.30. The first-order valence-electron chi connectivity index (χ1n) is 5.05. The minimum Gasteiger partial charge on any atom is -0.273 e. The van der Waals surface area contributed by atoms with Crippen molar-refractivity contribution in [1.82, 2.24) is 9.55 Å². The van der Waals surface area contributed by atoms with Gasteiger partial charge in [0.05, 0.1) is 5.69 Å². The summed E-state index contributed by atoms with van der Waals surface area (Å²) >= 11 is 3.35. The molecule has 0 saturated heterocycles. The molecular formula is C12H8BrN3O2. The van der Waals surface area contributed by atoms with E-state index in [0.29, 0.717) is 10.2 Å². The maximum atomic E-state index is 11.7. The van der Waals surface area contributed by atoms with Gasteiger partial charge in [0.25, 0.3) is 5.56 Å². The van der Waals surface area contributed by atoms with E-state index in [1.54, 1.807) is 12.1 Å². The third-order valence-corrected chi connectivity index (χ3v) is 3.06. The average molecular weight is 306 g/mol. The lowest BCUT2D eigenvalue weighted by molar-refractivity contribution is 0.885. The van der Waals surface area contributed by atoms with Crippen molar-refractivity contribution >= 4 is 15.9 Å². The smallest absolute Gasteiger partial charge is 0.273 e. The molecule has 5 nitrogen and oxygen atoms in total. The van der Waals surface area contributed by atoms with Crippen molar-refractivity contribution in [1.29, 1.82) is 5.26 Å². The molecule has 0 amide bonds. The Balaban J connectivity index is 2.76. The zero-order chi connectivity index (χ0) is 13.3. The Labute approximate surface area is 110 Å². The van der Waals surface area contributed by atoms with Crippen LogP contribution in [0.5, 0.6) is 0 Å². The van der Waals surface area contributed by atoms with Gasteiger partial charge >= 0.3 is 5.69 Å². The fraction of sp³-hybridized carbons (Fsp3) is 0.0833. The highest BCUT2D eigenvalue weighted by molar-refractivity contribution is 9.10. The molecule has 0 saturated carbocycles. The zero-order valence-electron chi connectivity index (χ0n) is 9.40. The molecule has 0 bridgehead atoms. The first-order chi connectivity index (χ1) is 8.52. The van der Waals surface area contributed by atoms with Gasteiger partial charge in [0, 0.05) is 10.7 Å². The van der Waals surface area contributed by atoms with E-state index < -0.39 is 11.2 Å². The van der Waals surface area contributed by atoms with Crippen LogP contribution in [-0.4, -0.2) is 9.55 Å². The molecule has 18 heavy (non-hydrogen) atoms. The minimum atomic E-state index is -0.679. The first-order valence-corrected chi connectivity index (χ1v) is 5.85. The summed E-state index contributed by atoms with van der Waals surface area (Å²) in [6, 6.07) is 7.16. The number of nitrogens with zero attached hydrogens (tertiary/aromatic N) is 2. The van der Waals surface area contributed by atoms with E-state index in [0.717, 1.165) is 5.56 Å². The van der Waals surface area contributed by atoms with Crippen LogP contribution < -0.4 is 11.2 Å². The molecule has 0 aliphatic carbocycles. The van der Waals surface area contributed by atoms with Crippen LogP contribution in [0.15, 0.2) is 38.5 Å². The van der Waals surface area contributed by atoms with Gasteiger partial charge in [-0.2, -0.15) is 5.26 Å². The largest absolute Gasteiger partial charge is 0.333 e. The van der Waals surface area contributed by atoms with Crippen molar-refractivity contribution in [2.75, 3.05) is 0 Å². The SMILES string of the molecule is Cc1ccc(-n2cc(C#N)c(=O)[nH]c2=O)c(Br)c1. The highest BCUT2D eigenvalue weighted by Gasteiger charge is 2.08. The lowest BCUT2D eigenvalue weighted by Gasteiger charge is -2.08. The molecule has 0 spiro atoms. The molecule has 0 radical (unpaired) electrons. The quantitative estimate of drug-likeness (QED) is 0.866. The first kappa shape index (κ1) is 12.3. The Morgan fingerprint density at radius 2 is 2.11 bits per heavy atom. The van der Waals surface area contributed by atoms with Gasteiger partial charge in [-0.05, 0) is 40.5 Å². The van der Waals surface area contributed by atoms with E-state index in [1.165, 1.54) is 10.8 Å². The van der Waals surface area contributed by atoms with Crippen molar-refractivity contribution in [3.8, 4) is 11.8 Å². The highest BCUT2D eigenvalue weighted by Crippen LogP contribution is 2.20. The molecule has 2 aromatic rings. The van der Waals surface area contributed by atoms with Crippen LogP contribution in [0, 0.1) is 18.3 Å². The number of aromatic nitrogens is 2. The second-order valence-electron chi connectivity index (χ2n) is 3.74. The number of hydrogen-bond acceptors (Lipinski definition) is 3. The second-order valence-corrected chi connectivity index (χ2v) is 4.59. The summed E-state index contributed by atoms with van der Waals surface area (Å²) in [5.41, 5.74) is 0.231. The summed E-state index contributed by atoms with van der Waals surface area (Å²) in [4.78, 5) is 25.1. The summed E-state index contributed by atoms with van der Waals surface area (Å²) in [5, 5.41) is 8.80. The molecule has 0 aliphatic rings. The molecule has 90 valence electrons. The fourth-order valence-corrected chi connectivity index (χ4v) is 2.22. The molecule has 1 N–H and O–H groups in total. The Bertz CT molecular complexity index is 768. The Kier molecular flexibility index (Phi) is 3.17. The van der Waals surface area contributed by atoms with Crippen LogP contribution in [0.1, 0.15) is 11.1 Å². The van der Waals surface area contributed by atoms with Gasteiger partial charge in [0.15, 0.2) is 0 Å². The van der Waals surface area contributed by atoms with Gasteiger partial charge in [-0.1, -0.05) is 6.07 Å². The van der Waals surface area contributed by atoms with E-state index >= 15 is 0 Å². The van der Waals surface area contributed by atoms with Crippen LogP contribution >= 0.6 is 15.9 Å². The van der Waals surface area contributed by atoms with Crippen LogP contribution in [0.4, 0.5) is 0 Å². The normalized spacial score (nSPS) is 10.1. The molecule has 0 unspecified atom stereocenters. The summed E-state index contributed by atoms with van der Waals surface area (Å²) in [7, 11) is 0. The zero-order valence-corrected chi connectivity index (χ0v) is 11.0. The number of nitrogens with one attached hydrogen (secondary N) is 1. The number of halogens is 1. The van der Waals surface area contributed by atoms with Crippen molar-refractivity contribution in [3.05, 3.63) is 60.8 Å². The number of aryl methyl sites for hydroxylation is 1. The fourth-order valence-electron chi connectivity index (χ4n) is 1.54. The molecule has 2 rings (SSSR count). The number of H-pyrrole nitrogens is 1. The van der Waals surface area contributed by atoms with Gasteiger partial charge < -0.3 is 0 Å². The van der Waals surface area contributed by atoms with E-state index in [9.17, 15) is 9.59 Å². The van der Waals surface area contributed by atoms with Gasteiger partial charge in [-0.25, -0.2) is 4.79 Å². The van der Waals surface area contributed by atoms with Crippen molar-refractivity contribution in [2.24, 2.45) is 0 Å². The maximum absolute atomic E-state index is 11.7. The van der Waals surface area contributed by atoms with Crippen LogP contribution in [-0.2, 0) is 0 Å². The maximum Gasteiger partial charge on any atom is 0.333 e. The number of nitriles is 1. The number of benzene rings is 1. The third-order valence-electron chi connectivity index (χ3n) is 2.43. The molecule has 0 fully saturated rings. The van der Waals surface area contributed by atoms with Crippen LogP contribution in [0.3, 0.4) is 0 Å². The standard InChI is InChI=1S/C12H8BrN3O2/c1-7-2-3-10(9(13)4-7)16-6-8(5-14)11(17)15-12(16)18/h2-4,6H,1H3,(H,15,17,18). The topological polar surface area (TPSA) is 78.7 Å². The second kappa shape index (κ2) is 4.63. The Morgan fingerprint density at radius 1 is 1.39 bits per heavy atom. The lowest BCUT2D eigenvalue weighted by atomic mass is 10.2. The Hall–Kier alpha value is -2.13. The van der Waals surface area contributed by atoms with Gasteiger partial charge in [-0.3, -0.25) is 14.3 Å². The van der Waals surface area contributed by atoms with Gasteiger partial charge in [0.1, 0.15) is 11.6 Å².